The second kappa shape index (κ2) is 5.53. The molecule has 0 N–H and O–H groups in total. The molecule has 2 aromatic rings. The standard InChI is InChI=1S/C19H16/c1-3-8-16(9-4-1)18-12-7-13-19(15-14-18)17-10-5-2-6-11-17/h1-6,8-15H,7H2. The van der Waals surface area contributed by atoms with Crippen LogP contribution >= 0.6 is 0 Å². The van der Waals surface area contributed by atoms with E-state index in [0.717, 1.165) is 6.42 Å². The predicted molar refractivity (Wildman–Crippen MR) is 82.6 cm³/mol. The fourth-order valence-electron chi connectivity index (χ4n) is 2.32. The summed E-state index contributed by atoms with van der Waals surface area (Å²) >= 11 is 0. The summed E-state index contributed by atoms with van der Waals surface area (Å²) in [5.74, 6) is 0. The maximum Gasteiger partial charge on any atom is -0.0151 e. The van der Waals surface area contributed by atoms with Crippen LogP contribution < -0.4 is 0 Å². The van der Waals surface area contributed by atoms with Crippen LogP contribution in [0.4, 0.5) is 0 Å². The average molecular weight is 244 g/mol. The van der Waals surface area contributed by atoms with Crippen LogP contribution in [0.3, 0.4) is 0 Å². The Morgan fingerprint density at radius 3 is 1.37 bits per heavy atom. The molecule has 0 amide bonds. The molecule has 0 atom stereocenters. The minimum Gasteiger partial charge on any atom is -0.0728 e. The zero-order chi connectivity index (χ0) is 12.9. The molecule has 1 aliphatic carbocycles. The lowest BCUT2D eigenvalue weighted by Crippen LogP contribution is -1.79. The molecule has 0 heteroatoms. The molecular weight excluding hydrogens is 228 g/mol. The summed E-state index contributed by atoms with van der Waals surface area (Å²) in [4.78, 5) is 0. The molecular formula is C19H16. The molecule has 0 nitrogen and oxygen atoms in total. The van der Waals surface area contributed by atoms with Crippen LogP contribution in [0.1, 0.15) is 17.5 Å². The van der Waals surface area contributed by atoms with Crippen LogP contribution in [-0.4, -0.2) is 0 Å². The van der Waals surface area contributed by atoms with Crippen LogP contribution in [0.15, 0.2) is 85.0 Å². The quantitative estimate of drug-likeness (QED) is 0.688. The molecule has 92 valence electrons. The highest BCUT2D eigenvalue weighted by atomic mass is 14.1. The molecule has 0 saturated heterocycles. The second-order valence-corrected chi connectivity index (χ2v) is 4.62. The molecule has 0 heterocycles. The fraction of sp³-hybridized carbons (Fsp3) is 0.0526. The smallest absolute Gasteiger partial charge is 0.0151 e. The van der Waals surface area contributed by atoms with E-state index in [2.05, 4.69) is 85.0 Å². The Hall–Kier alpha value is -2.34. The van der Waals surface area contributed by atoms with Gasteiger partial charge in [-0.25, -0.2) is 0 Å². The third-order valence-electron chi connectivity index (χ3n) is 3.33. The molecule has 3 rings (SSSR count). The number of rotatable bonds is 2. The zero-order valence-electron chi connectivity index (χ0n) is 10.8. The molecule has 0 saturated carbocycles. The average Bonchev–Trinajstić information content (AvgIpc) is 2.75. The van der Waals surface area contributed by atoms with Crippen molar-refractivity contribution in [1.82, 2.24) is 0 Å². The SMILES string of the molecule is C1=CC(c2ccccc2)=CCC=C1c1ccccc1. The van der Waals surface area contributed by atoms with Crippen molar-refractivity contribution >= 4 is 11.1 Å². The molecule has 19 heavy (non-hydrogen) atoms. The van der Waals surface area contributed by atoms with Gasteiger partial charge < -0.3 is 0 Å². The van der Waals surface area contributed by atoms with Crippen molar-refractivity contribution in [3.63, 3.8) is 0 Å². The minimum absolute atomic E-state index is 0.974. The van der Waals surface area contributed by atoms with E-state index in [4.69, 9.17) is 0 Å². The summed E-state index contributed by atoms with van der Waals surface area (Å²) in [6.07, 6.45) is 9.95. The van der Waals surface area contributed by atoms with Gasteiger partial charge in [0.2, 0.25) is 0 Å². The summed E-state index contributed by atoms with van der Waals surface area (Å²) in [6.45, 7) is 0. The van der Waals surface area contributed by atoms with Gasteiger partial charge in [-0.3, -0.25) is 0 Å². The number of hydrogen-bond acceptors (Lipinski definition) is 0. The van der Waals surface area contributed by atoms with E-state index in [0.29, 0.717) is 0 Å². The van der Waals surface area contributed by atoms with E-state index in [1.165, 1.54) is 22.3 Å². The molecule has 0 unspecified atom stereocenters. The largest absolute Gasteiger partial charge is 0.0728 e. The summed E-state index contributed by atoms with van der Waals surface area (Å²) in [5.41, 5.74) is 5.15. The van der Waals surface area contributed by atoms with E-state index in [1.807, 2.05) is 0 Å². The molecule has 0 aromatic heterocycles. The lowest BCUT2D eigenvalue weighted by molar-refractivity contribution is 1.40. The number of allylic oxidation sites excluding steroid dienone is 6. The summed E-state index contributed by atoms with van der Waals surface area (Å²) < 4.78 is 0. The van der Waals surface area contributed by atoms with E-state index in [1.54, 1.807) is 0 Å². The van der Waals surface area contributed by atoms with Crippen molar-refractivity contribution in [3.8, 4) is 0 Å². The molecule has 0 aliphatic heterocycles. The summed E-state index contributed by atoms with van der Waals surface area (Å²) in [5, 5.41) is 0. The van der Waals surface area contributed by atoms with Gasteiger partial charge in [-0.2, -0.15) is 0 Å². The van der Waals surface area contributed by atoms with Gasteiger partial charge in [0, 0.05) is 0 Å². The first kappa shape index (κ1) is 11.7. The van der Waals surface area contributed by atoms with Crippen LogP contribution in [0.5, 0.6) is 0 Å². The maximum atomic E-state index is 2.28. The van der Waals surface area contributed by atoms with Crippen molar-refractivity contribution in [2.24, 2.45) is 0 Å². The molecule has 0 spiro atoms. The van der Waals surface area contributed by atoms with Gasteiger partial charge in [-0.05, 0) is 28.7 Å². The van der Waals surface area contributed by atoms with Crippen LogP contribution in [0, 0.1) is 0 Å². The highest BCUT2D eigenvalue weighted by Gasteiger charge is 2.02. The van der Waals surface area contributed by atoms with Gasteiger partial charge in [0.25, 0.3) is 0 Å². The van der Waals surface area contributed by atoms with E-state index in [-0.39, 0.29) is 0 Å². The number of hydrogen-bond donors (Lipinski definition) is 0. The van der Waals surface area contributed by atoms with E-state index < -0.39 is 0 Å². The van der Waals surface area contributed by atoms with Gasteiger partial charge in [0.1, 0.15) is 0 Å². The van der Waals surface area contributed by atoms with E-state index in [9.17, 15) is 0 Å². The minimum atomic E-state index is 0.974. The molecule has 0 radical (unpaired) electrons. The van der Waals surface area contributed by atoms with Gasteiger partial charge >= 0.3 is 0 Å². The summed E-state index contributed by atoms with van der Waals surface area (Å²) in [7, 11) is 0. The maximum absolute atomic E-state index is 2.28. The third-order valence-corrected chi connectivity index (χ3v) is 3.33. The highest BCUT2D eigenvalue weighted by molar-refractivity contribution is 5.83. The Labute approximate surface area is 114 Å². The summed E-state index contributed by atoms with van der Waals surface area (Å²) in [6, 6.07) is 21.1. The van der Waals surface area contributed by atoms with Crippen molar-refractivity contribution in [2.75, 3.05) is 0 Å². The molecule has 2 aromatic carbocycles. The fourth-order valence-corrected chi connectivity index (χ4v) is 2.32. The Balaban J connectivity index is 1.87. The lowest BCUT2D eigenvalue weighted by Gasteiger charge is -2.01. The predicted octanol–water partition coefficient (Wildman–Crippen LogP) is 5.11. The Morgan fingerprint density at radius 2 is 0.947 bits per heavy atom. The molecule has 0 bridgehead atoms. The van der Waals surface area contributed by atoms with Gasteiger partial charge in [0.05, 0.1) is 0 Å². The lowest BCUT2D eigenvalue weighted by atomic mass is 10.0. The van der Waals surface area contributed by atoms with Crippen LogP contribution in [0.2, 0.25) is 0 Å². The third kappa shape index (κ3) is 2.74. The Kier molecular flexibility index (Phi) is 3.42. The van der Waals surface area contributed by atoms with Crippen LogP contribution in [-0.2, 0) is 0 Å². The van der Waals surface area contributed by atoms with Crippen molar-refractivity contribution in [3.05, 3.63) is 96.1 Å². The molecule has 0 fully saturated rings. The topological polar surface area (TPSA) is 0 Å². The van der Waals surface area contributed by atoms with Crippen molar-refractivity contribution in [1.29, 1.82) is 0 Å². The second-order valence-electron chi connectivity index (χ2n) is 4.62. The first-order chi connectivity index (χ1) is 9.43. The van der Waals surface area contributed by atoms with Crippen LogP contribution in [0.25, 0.3) is 11.1 Å². The Bertz CT molecular complexity index is 571. The zero-order valence-corrected chi connectivity index (χ0v) is 10.8. The van der Waals surface area contributed by atoms with Gasteiger partial charge in [-0.15, -0.1) is 0 Å². The highest BCUT2D eigenvalue weighted by Crippen LogP contribution is 2.24. The first-order valence-electron chi connectivity index (χ1n) is 6.63. The van der Waals surface area contributed by atoms with Gasteiger partial charge in [-0.1, -0.05) is 85.0 Å². The molecule has 1 aliphatic rings. The van der Waals surface area contributed by atoms with Gasteiger partial charge in [0.15, 0.2) is 0 Å². The number of benzene rings is 2. The Morgan fingerprint density at radius 1 is 0.526 bits per heavy atom. The van der Waals surface area contributed by atoms with E-state index >= 15 is 0 Å². The first-order valence-corrected chi connectivity index (χ1v) is 6.63. The van der Waals surface area contributed by atoms with Crippen molar-refractivity contribution < 1.29 is 0 Å². The monoisotopic (exact) mass is 244 g/mol. The van der Waals surface area contributed by atoms with Crippen molar-refractivity contribution in [2.45, 2.75) is 6.42 Å². The normalized spacial score (nSPS) is 14.5.